The molecule has 0 fully saturated rings. The molecule has 1 heterocycles. The normalized spacial score (nSPS) is 17.5. The number of fused-ring (bicyclic) bond motifs is 1. The number of alkyl halides is 2. The van der Waals surface area contributed by atoms with Gasteiger partial charge in [-0.05, 0) is 32.0 Å². The molecule has 154 valence electrons. The monoisotopic (exact) mass is 421 g/mol. The summed E-state index contributed by atoms with van der Waals surface area (Å²) in [5, 5.41) is 0. The van der Waals surface area contributed by atoms with Crippen molar-refractivity contribution in [2.24, 2.45) is 0 Å². The largest absolute Gasteiger partial charge is 0.463 e. The fourth-order valence-corrected chi connectivity index (χ4v) is 4.67. The first kappa shape index (κ1) is 21.0. The molecule has 0 bridgehead atoms. The number of carbonyl (C=O) groups excluding carboxylic acids is 1. The summed E-state index contributed by atoms with van der Waals surface area (Å²) < 4.78 is 62.1. The van der Waals surface area contributed by atoms with Crippen LogP contribution in [0.3, 0.4) is 0 Å². The predicted molar refractivity (Wildman–Crippen MR) is 106 cm³/mol. The van der Waals surface area contributed by atoms with Gasteiger partial charge in [-0.1, -0.05) is 35.9 Å². The molecule has 2 aromatic rings. The third-order valence-corrected chi connectivity index (χ3v) is 6.47. The van der Waals surface area contributed by atoms with Crippen molar-refractivity contribution in [2.75, 3.05) is 17.5 Å². The van der Waals surface area contributed by atoms with Crippen molar-refractivity contribution in [2.45, 2.75) is 31.1 Å². The number of carbonyl (C=O) groups is 1. The van der Waals surface area contributed by atoms with Crippen LogP contribution in [0.5, 0.6) is 0 Å². The number of benzene rings is 2. The number of para-hydroxylation sites is 1. The van der Waals surface area contributed by atoms with E-state index < -0.39 is 40.5 Å². The lowest BCUT2D eigenvalue weighted by Crippen LogP contribution is -2.33. The Labute approximate surface area is 168 Å². The number of halogens is 2. The van der Waals surface area contributed by atoms with Crippen LogP contribution in [0.25, 0.3) is 5.57 Å². The smallest absolute Gasteiger partial charge is 0.331 e. The lowest BCUT2D eigenvalue weighted by Gasteiger charge is -2.24. The van der Waals surface area contributed by atoms with Crippen molar-refractivity contribution in [3.8, 4) is 0 Å². The van der Waals surface area contributed by atoms with E-state index in [1.54, 1.807) is 25.1 Å². The van der Waals surface area contributed by atoms with Crippen molar-refractivity contribution in [1.82, 2.24) is 0 Å². The van der Waals surface area contributed by atoms with Crippen molar-refractivity contribution in [3.05, 3.63) is 65.7 Å². The zero-order valence-corrected chi connectivity index (χ0v) is 16.9. The molecule has 3 rings (SSSR count). The molecule has 0 aliphatic carbocycles. The fraction of sp³-hybridized carbons (Fsp3) is 0.286. The predicted octanol–water partition coefficient (Wildman–Crippen LogP) is 4.18. The highest BCUT2D eigenvalue weighted by Gasteiger charge is 2.42. The standard InChI is InChI=1S/C21H21F2NO4S/c1-3-28-20(25)14-18-17-6-4-5-7-19(17)24(13-12-21(18,22)23)29(26,27)16-10-8-15(2)9-11-16/h4-11,14H,3,12-13H2,1-2H3/b18-14+. The van der Waals surface area contributed by atoms with E-state index in [9.17, 15) is 22.0 Å². The molecule has 0 atom stereocenters. The molecule has 0 N–H and O–H groups in total. The van der Waals surface area contributed by atoms with Crippen molar-refractivity contribution < 1.29 is 26.7 Å². The van der Waals surface area contributed by atoms with E-state index in [0.717, 1.165) is 15.9 Å². The Kier molecular flexibility index (Phi) is 5.75. The quantitative estimate of drug-likeness (QED) is 0.549. The molecule has 0 unspecified atom stereocenters. The highest BCUT2D eigenvalue weighted by atomic mass is 32.2. The number of hydrogen-bond donors (Lipinski definition) is 0. The summed E-state index contributed by atoms with van der Waals surface area (Å²) in [6.07, 6.45) is -0.0116. The van der Waals surface area contributed by atoms with Gasteiger partial charge in [-0.25, -0.2) is 22.0 Å². The Morgan fingerprint density at radius 2 is 1.83 bits per heavy atom. The lowest BCUT2D eigenvalue weighted by atomic mass is 9.97. The second-order valence-electron chi connectivity index (χ2n) is 6.67. The van der Waals surface area contributed by atoms with E-state index in [0.29, 0.717) is 0 Å². The number of ether oxygens (including phenoxy) is 1. The summed E-state index contributed by atoms with van der Waals surface area (Å²) in [6.45, 7) is 3.01. The van der Waals surface area contributed by atoms with E-state index >= 15 is 0 Å². The maximum Gasteiger partial charge on any atom is 0.331 e. The third-order valence-electron chi connectivity index (χ3n) is 4.64. The van der Waals surface area contributed by atoms with Crippen LogP contribution in [-0.4, -0.2) is 33.5 Å². The van der Waals surface area contributed by atoms with Crippen molar-refractivity contribution in [3.63, 3.8) is 0 Å². The molecule has 29 heavy (non-hydrogen) atoms. The molecular formula is C21H21F2NO4S. The average Bonchev–Trinajstić information content (AvgIpc) is 2.77. The SMILES string of the molecule is CCOC(=O)/C=C1\c2ccccc2N(S(=O)(=O)c2ccc(C)cc2)CCC1(F)F. The molecule has 0 spiro atoms. The van der Waals surface area contributed by atoms with Crippen molar-refractivity contribution in [1.29, 1.82) is 0 Å². The van der Waals surface area contributed by atoms with Gasteiger partial charge in [0.1, 0.15) is 0 Å². The zero-order valence-electron chi connectivity index (χ0n) is 16.1. The molecule has 1 aliphatic heterocycles. The molecule has 1 aliphatic rings. The van der Waals surface area contributed by atoms with Crippen molar-refractivity contribution >= 4 is 27.3 Å². The van der Waals surface area contributed by atoms with Crippen LogP contribution < -0.4 is 4.31 Å². The van der Waals surface area contributed by atoms with Crippen LogP contribution in [-0.2, 0) is 19.6 Å². The number of rotatable bonds is 4. The molecule has 0 amide bonds. The first-order chi connectivity index (χ1) is 13.7. The van der Waals surface area contributed by atoms with Gasteiger partial charge in [0.25, 0.3) is 15.9 Å². The molecule has 2 aromatic carbocycles. The number of esters is 1. The van der Waals surface area contributed by atoms with Crippen LogP contribution in [0.15, 0.2) is 59.5 Å². The minimum absolute atomic E-state index is 0.0130. The van der Waals surface area contributed by atoms with Crippen LogP contribution >= 0.6 is 0 Å². The van der Waals surface area contributed by atoms with Crippen LogP contribution in [0, 0.1) is 6.92 Å². The second-order valence-corrected chi connectivity index (χ2v) is 8.53. The Hall–Kier alpha value is -2.74. The topological polar surface area (TPSA) is 63.7 Å². The zero-order chi connectivity index (χ0) is 21.2. The Balaban J connectivity index is 2.17. The van der Waals surface area contributed by atoms with Gasteiger partial charge in [0, 0.05) is 30.2 Å². The second kappa shape index (κ2) is 7.94. The van der Waals surface area contributed by atoms with Crippen LogP contribution in [0.1, 0.15) is 24.5 Å². The Morgan fingerprint density at radius 3 is 2.48 bits per heavy atom. The molecular weight excluding hydrogens is 400 g/mol. The summed E-state index contributed by atoms with van der Waals surface area (Å²) in [7, 11) is -4.07. The van der Waals surface area contributed by atoms with E-state index in [-0.39, 0.29) is 22.8 Å². The van der Waals surface area contributed by atoms with Gasteiger partial charge >= 0.3 is 5.97 Å². The number of aryl methyl sites for hydroxylation is 1. The number of hydrogen-bond acceptors (Lipinski definition) is 4. The molecule has 0 saturated heterocycles. The highest BCUT2D eigenvalue weighted by Crippen LogP contribution is 2.44. The third kappa shape index (κ3) is 4.17. The summed E-state index contributed by atoms with van der Waals surface area (Å²) in [6, 6.07) is 12.1. The minimum atomic E-state index is -4.07. The number of allylic oxidation sites excluding steroid dienone is 1. The lowest BCUT2D eigenvalue weighted by molar-refractivity contribution is -0.137. The maximum absolute atomic E-state index is 14.9. The summed E-state index contributed by atoms with van der Waals surface area (Å²) in [5.41, 5.74) is 0.416. The number of sulfonamides is 1. The van der Waals surface area contributed by atoms with E-state index in [1.165, 1.54) is 30.3 Å². The summed E-state index contributed by atoms with van der Waals surface area (Å²) in [5.74, 6) is -4.30. The van der Waals surface area contributed by atoms with Crippen LogP contribution in [0.4, 0.5) is 14.5 Å². The van der Waals surface area contributed by atoms with Gasteiger partial charge < -0.3 is 4.74 Å². The average molecular weight is 421 g/mol. The van der Waals surface area contributed by atoms with E-state index in [4.69, 9.17) is 4.74 Å². The van der Waals surface area contributed by atoms with Gasteiger partial charge in [0.05, 0.1) is 17.2 Å². The first-order valence-corrected chi connectivity index (χ1v) is 10.6. The van der Waals surface area contributed by atoms with Gasteiger partial charge in [-0.15, -0.1) is 0 Å². The number of anilines is 1. The molecule has 0 aromatic heterocycles. The molecule has 0 radical (unpaired) electrons. The van der Waals surface area contributed by atoms with E-state index in [1.807, 2.05) is 6.92 Å². The highest BCUT2D eigenvalue weighted by molar-refractivity contribution is 7.92. The summed E-state index contributed by atoms with van der Waals surface area (Å²) >= 11 is 0. The first-order valence-electron chi connectivity index (χ1n) is 9.12. The molecule has 8 heteroatoms. The maximum atomic E-state index is 14.9. The fourth-order valence-electron chi connectivity index (χ4n) is 3.19. The Morgan fingerprint density at radius 1 is 1.17 bits per heavy atom. The number of nitrogens with zero attached hydrogens (tertiary/aromatic N) is 1. The van der Waals surface area contributed by atoms with E-state index in [2.05, 4.69) is 0 Å². The molecule has 5 nitrogen and oxygen atoms in total. The Bertz CT molecular complexity index is 1050. The summed E-state index contributed by atoms with van der Waals surface area (Å²) in [4.78, 5) is 11.9. The van der Waals surface area contributed by atoms with Gasteiger partial charge in [0.15, 0.2) is 0 Å². The minimum Gasteiger partial charge on any atom is -0.463 e. The van der Waals surface area contributed by atoms with Gasteiger partial charge in [-0.3, -0.25) is 4.31 Å². The van der Waals surface area contributed by atoms with Crippen LogP contribution in [0.2, 0.25) is 0 Å². The molecule has 0 saturated carbocycles. The van der Waals surface area contributed by atoms with Gasteiger partial charge in [-0.2, -0.15) is 0 Å². The van der Waals surface area contributed by atoms with Gasteiger partial charge in [0.2, 0.25) is 0 Å².